The minimum absolute atomic E-state index is 0.224. The number of hydrogen-bond acceptors (Lipinski definition) is 3. The smallest absolute Gasteiger partial charge is 0.328 e. The lowest BCUT2D eigenvalue weighted by Crippen LogP contribution is -2.48. The summed E-state index contributed by atoms with van der Waals surface area (Å²) in [7, 11) is 0. The third-order valence-corrected chi connectivity index (χ3v) is 3.29. The van der Waals surface area contributed by atoms with Crippen molar-refractivity contribution in [1.82, 2.24) is 0 Å². The molecule has 4 nitrogen and oxygen atoms in total. The number of aliphatic hydroxyl groups is 1. The van der Waals surface area contributed by atoms with Crippen LogP contribution in [0.15, 0.2) is 35.5 Å². The van der Waals surface area contributed by atoms with Crippen molar-refractivity contribution in [1.29, 1.82) is 0 Å². The molecule has 0 fully saturated rings. The van der Waals surface area contributed by atoms with E-state index in [2.05, 4.69) is 0 Å². The van der Waals surface area contributed by atoms with E-state index >= 15 is 0 Å². The fraction of sp³-hybridized carbons (Fsp3) is 0.467. The van der Waals surface area contributed by atoms with E-state index in [4.69, 9.17) is 9.22 Å². The van der Waals surface area contributed by atoms with Gasteiger partial charge in [0.1, 0.15) is 5.60 Å². The first-order chi connectivity index (χ1) is 9.83. The molecule has 1 rings (SSSR count). The molecular formula is C15H20O4. The van der Waals surface area contributed by atoms with E-state index in [9.17, 15) is 14.7 Å². The molecular weight excluding hydrogens is 244 g/mol. The molecule has 0 aromatic heterocycles. The molecule has 0 aromatic rings. The fourth-order valence-corrected chi connectivity index (χ4v) is 2.13. The minimum atomic E-state index is -2.57. The summed E-state index contributed by atoms with van der Waals surface area (Å²) in [5, 5.41) is 19.6. The van der Waals surface area contributed by atoms with Crippen LogP contribution in [0.25, 0.3) is 0 Å². The summed E-state index contributed by atoms with van der Waals surface area (Å²) in [6, 6.07) is 0. The Kier molecular flexibility index (Phi) is 3.02. The number of aliphatic carboxylic acids is 1. The molecule has 4 heteroatoms. The summed E-state index contributed by atoms with van der Waals surface area (Å²) >= 11 is 0. The van der Waals surface area contributed by atoms with Crippen molar-refractivity contribution in [3.05, 3.63) is 35.5 Å². The van der Waals surface area contributed by atoms with Crippen molar-refractivity contribution in [3.8, 4) is 0 Å². The summed E-state index contributed by atoms with van der Waals surface area (Å²) in [5.41, 5.74) is -2.98. The number of carbonyl (C=O) groups is 2. The zero-order chi connectivity index (χ0) is 17.3. The van der Waals surface area contributed by atoms with E-state index < -0.39 is 23.8 Å². The molecule has 0 saturated carbocycles. The second-order valence-electron chi connectivity index (χ2n) is 5.13. The Morgan fingerprint density at radius 1 is 1.58 bits per heavy atom. The average molecular weight is 267 g/mol. The van der Waals surface area contributed by atoms with E-state index in [1.165, 1.54) is 39.0 Å². The average Bonchev–Trinajstić information content (AvgIpc) is 2.31. The highest BCUT2D eigenvalue weighted by Gasteiger charge is 2.46. The molecule has 2 atom stereocenters. The van der Waals surface area contributed by atoms with Gasteiger partial charge in [-0.15, -0.1) is 0 Å². The van der Waals surface area contributed by atoms with Gasteiger partial charge >= 0.3 is 5.97 Å². The molecule has 0 spiro atoms. The fourth-order valence-electron chi connectivity index (χ4n) is 2.13. The normalized spacial score (nSPS) is 35.6. The molecule has 0 radical (unpaired) electrons. The third kappa shape index (κ3) is 3.20. The first-order valence-electron chi connectivity index (χ1n) is 7.38. The molecule has 2 N–H and O–H groups in total. The molecule has 0 aromatic carbocycles. The van der Waals surface area contributed by atoms with Crippen LogP contribution in [-0.2, 0) is 9.59 Å². The monoisotopic (exact) mass is 267 g/mol. The number of rotatable bonds is 3. The molecule has 0 saturated heterocycles. The van der Waals surface area contributed by atoms with Gasteiger partial charge in [-0.2, -0.15) is 0 Å². The molecule has 1 aliphatic rings. The first kappa shape index (κ1) is 11.2. The van der Waals surface area contributed by atoms with Gasteiger partial charge in [-0.1, -0.05) is 19.9 Å². The Labute approximate surface area is 117 Å². The number of carboxylic acid groups (broad SMARTS) is 1. The van der Waals surface area contributed by atoms with Gasteiger partial charge in [0.15, 0.2) is 5.78 Å². The van der Waals surface area contributed by atoms with Crippen molar-refractivity contribution >= 4 is 11.8 Å². The van der Waals surface area contributed by atoms with Crippen molar-refractivity contribution < 1.29 is 23.9 Å². The molecule has 19 heavy (non-hydrogen) atoms. The number of carbonyl (C=O) groups excluding carboxylic acids is 1. The van der Waals surface area contributed by atoms with Crippen molar-refractivity contribution in [2.45, 2.75) is 39.6 Å². The molecule has 0 amide bonds. The topological polar surface area (TPSA) is 74.6 Å². The molecule has 104 valence electrons. The van der Waals surface area contributed by atoms with Crippen LogP contribution >= 0.6 is 0 Å². The quantitative estimate of drug-likeness (QED) is 0.607. The zero-order valence-electron chi connectivity index (χ0n) is 14.2. The van der Waals surface area contributed by atoms with Crippen LogP contribution in [0, 0.1) is 5.41 Å². The van der Waals surface area contributed by atoms with Crippen LogP contribution in [0.5, 0.6) is 0 Å². The van der Waals surface area contributed by atoms with Gasteiger partial charge < -0.3 is 10.2 Å². The predicted molar refractivity (Wildman–Crippen MR) is 72.6 cm³/mol. The second kappa shape index (κ2) is 5.13. The standard InChI is InChI=1S/C15H20O4/c1-10(7-13(17)18)5-6-15(19)11(2)8-12(16)9-14(15,3)4/h5-8,19H,9H2,1-4H3,(H,17,18)/t15-/m1/s1/i3D3/t14-,15-. The minimum Gasteiger partial charge on any atom is -0.478 e. The molecule has 0 bridgehead atoms. The van der Waals surface area contributed by atoms with Crippen molar-refractivity contribution in [2.75, 3.05) is 0 Å². The van der Waals surface area contributed by atoms with Crippen molar-refractivity contribution in [2.24, 2.45) is 5.41 Å². The lowest BCUT2D eigenvalue weighted by Gasteiger charge is -2.43. The van der Waals surface area contributed by atoms with Crippen LogP contribution in [0.3, 0.4) is 0 Å². The molecule has 1 aliphatic carbocycles. The van der Waals surface area contributed by atoms with Crippen LogP contribution in [0.4, 0.5) is 0 Å². The second-order valence-corrected chi connectivity index (χ2v) is 5.13. The number of carboxylic acids is 1. The van der Waals surface area contributed by atoms with E-state index in [-0.39, 0.29) is 17.8 Å². The number of hydrogen-bond donors (Lipinski definition) is 2. The van der Waals surface area contributed by atoms with Crippen molar-refractivity contribution in [3.63, 3.8) is 0 Å². The summed E-state index contributed by atoms with van der Waals surface area (Å²) in [4.78, 5) is 22.4. The van der Waals surface area contributed by atoms with Crippen LogP contribution in [0.1, 0.15) is 38.2 Å². The highest BCUT2D eigenvalue weighted by Crippen LogP contribution is 2.44. The molecule has 0 heterocycles. The summed E-state index contributed by atoms with van der Waals surface area (Å²) < 4.78 is 23.1. The van der Waals surface area contributed by atoms with Gasteiger partial charge in [-0.05, 0) is 37.1 Å². The SMILES string of the molecule is [2H]C([2H])([2H])[C@@]1(C)CC(=O)C=C(C)[C@]1(O)C=CC(C)=CC(=O)O. The van der Waals surface area contributed by atoms with E-state index in [1.54, 1.807) is 0 Å². The van der Waals surface area contributed by atoms with Gasteiger partial charge in [-0.25, -0.2) is 4.79 Å². The van der Waals surface area contributed by atoms with Gasteiger partial charge in [0.2, 0.25) is 0 Å². The summed E-state index contributed by atoms with van der Waals surface area (Å²) in [6.07, 6.45) is 4.47. The summed E-state index contributed by atoms with van der Waals surface area (Å²) in [6.45, 7) is 1.78. The Bertz CT molecular complexity index is 586. The number of ketones is 1. The Morgan fingerprint density at radius 2 is 2.21 bits per heavy atom. The first-order valence-corrected chi connectivity index (χ1v) is 5.88. The van der Waals surface area contributed by atoms with E-state index in [1.807, 2.05) is 0 Å². The number of allylic oxidation sites excluding steroid dienone is 3. The largest absolute Gasteiger partial charge is 0.478 e. The maximum Gasteiger partial charge on any atom is 0.328 e. The van der Waals surface area contributed by atoms with Gasteiger partial charge in [0.25, 0.3) is 0 Å². The predicted octanol–water partition coefficient (Wildman–Crippen LogP) is 2.25. The Hall–Kier alpha value is -1.68. The van der Waals surface area contributed by atoms with Crippen LogP contribution in [0.2, 0.25) is 0 Å². The Balaban J connectivity index is 3.41. The lowest BCUT2D eigenvalue weighted by atomic mass is 9.64. The third-order valence-electron chi connectivity index (χ3n) is 3.29. The van der Waals surface area contributed by atoms with E-state index in [0.717, 1.165) is 6.08 Å². The van der Waals surface area contributed by atoms with E-state index in [0.29, 0.717) is 5.57 Å². The maximum atomic E-state index is 11.8. The maximum absolute atomic E-state index is 11.8. The van der Waals surface area contributed by atoms with Crippen LogP contribution in [-0.4, -0.2) is 27.6 Å². The van der Waals surface area contributed by atoms with Gasteiger partial charge in [0.05, 0.1) is 0 Å². The summed E-state index contributed by atoms with van der Waals surface area (Å²) in [5.74, 6) is -1.49. The zero-order valence-corrected chi connectivity index (χ0v) is 11.2. The highest BCUT2D eigenvalue weighted by atomic mass is 16.4. The molecule has 0 aliphatic heterocycles. The van der Waals surface area contributed by atoms with Crippen LogP contribution < -0.4 is 0 Å². The Morgan fingerprint density at radius 3 is 2.74 bits per heavy atom. The molecule has 0 unspecified atom stereocenters. The highest BCUT2D eigenvalue weighted by molar-refractivity contribution is 5.92. The van der Waals surface area contributed by atoms with Gasteiger partial charge in [0, 0.05) is 22.0 Å². The lowest BCUT2D eigenvalue weighted by molar-refractivity contribution is -0.131. The van der Waals surface area contributed by atoms with Gasteiger partial charge in [-0.3, -0.25) is 4.79 Å².